The number of carbonyl (C=O) groups is 3. The third-order valence-corrected chi connectivity index (χ3v) is 2.37. The molecule has 0 aromatic carbocycles. The first-order valence-electron chi connectivity index (χ1n) is 5.94. The second-order valence-corrected chi connectivity index (χ2v) is 4.36. The summed E-state index contributed by atoms with van der Waals surface area (Å²) >= 11 is 0. The van der Waals surface area contributed by atoms with Crippen molar-refractivity contribution >= 4 is 17.8 Å². The quantitative estimate of drug-likeness (QED) is 0.560. The van der Waals surface area contributed by atoms with Crippen LogP contribution < -0.4 is 10.9 Å². The molecule has 20 heavy (non-hydrogen) atoms. The number of hydrazine groups is 1. The second kappa shape index (κ2) is 6.64. The minimum absolute atomic E-state index is 0.0762. The zero-order valence-electron chi connectivity index (χ0n) is 11.8. The molecule has 1 aromatic rings. The number of hydrogen-bond acceptors (Lipinski definition) is 6. The van der Waals surface area contributed by atoms with Gasteiger partial charge < -0.3 is 4.74 Å². The minimum Gasteiger partial charge on any atom is -0.464 e. The molecule has 9 heteroatoms. The number of ether oxygens (including phenoxy) is 1. The SMILES string of the molecule is COC(=O)c1nnn(CC(=O)NNC(C)=O)c1C(C)C. The summed E-state index contributed by atoms with van der Waals surface area (Å²) in [5.74, 6) is -1.56. The maximum absolute atomic E-state index is 11.6. The van der Waals surface area contributed by atoms with Gasteiger partial charge >= 0.3 is 5.97 Å². The molecule has 110 valence electrons. The van der Waals surface area contributed by atoms with Crippen LogP contribution in [0.5, 0.6) is 0 Å². The van der Waals surface area contributed by atoms with Crippen LogP contribution in [0.1, 0.15) is 42.9 Å². The summed E-state index contributed by atoms with van der Waals surface area (Å²) in [6.45, 7) is 4.78. The third-order valence-electron chi connectivity index (χ3n) is 2.37. The van der Waals surface area contributed by atoms with Gasteiger partial charge in [-0.05, 0) is 5.92 Å². The Morgan fingerprint density at radius 3 is 2.45 bits per heavy atom. The highest BCUT2D eigenvalue weighted by molar-refractivity contribution is 5.88. The minimum atomic E-state index is -0.609. The van der Waals surface area contributed by atoms with Gasteiger partial charge in [-0.25, -0.2) is 9.48 Å². The van der Waals surface area contributed by atoms with Crippen LogP contribution in [-0.2, 0) is 20.9 Å². The van der Waals surface area contributed by atoms with Crippen molar-refractivity contribution in [2.45, 2.75) is 33.2 Å². The molecule has 0 unspecified atom stereocenters. The predicted molar refractivity (Wildman–Crippen MR) is 67.4 cm³/mol. The number of esters is 1. The molecule has 1 aromatic heterocycles. The monoisotopic (exact) mass is 283 g/mol. The van der Waals surface area contributed by atoms with Crippen molar-refractivity contribution in [3.63, 3.8) is 0 Å². The molecule has 2 N–H and O–H groups in total. The molecule has 0 aliphatic carbocycles. The summed E-state index contributed by atoms with van der Waals surface area (Å²) in [6.07, 6.45) is 0. The zero-order chi connectivity index (χ0) is 15.3. The molecule has 1 heterocycles. The number of rotatable bonds is 4. The van der Waals surface area contributed by atoms with Crippen LogP contribution in [-0.4, -0.2) is 39.9 Å². The number of nitrogens with zero attached hydrogens (tertiary/aromatic N) is 3. The lowest BCUT2D eigenvalue weighted by atomic mass is 10.1. The van der Waals surface area contributed by atoms with E-state index in [9.17, 15) is 14.4 Å². The van der Waals surface area contributed by atoms with E-state index in [0.717, 1.165) is 0 Å². The molecule has 1 rings (SSSR count). The lowest BCUT2D eigenvalue weighted by molar-refractivity contribution is -0.128. The van der Waals surface area contributed by atoms with Gasteiger partial charge in [-0.15, -0.1) is 5.10 Å². The van der Waals surface area contributed by atoms with Crippen molar-refractivity contribution in [2.75, 3.05) is 7.11 Å². The highest BCUT2D eigenvalue weighted by atomic mass is 16.5. The van der Waals surface area contributed by atoms with Crippen molar-refractivity contribution in [1.29, 1.82) is 0 Å². The van der Waals surface area contributed by atoms with Gasteiger partial charge in [-0.3, -0.25) is 20.4 Å². The molecule has 2 amide bonds. The Morgan fingerprint density at radius 2 is 1.95 bits per heavy atom. The van der Waals surface area contributed by atoms with Gasteiger partial charge in [-0.2, -0.15) is 0 Å². The smallest absolute Gasteiger partial charge is 0.360 e. The van der Waals surface area contributed by atoms with Gasteiger partial charge in [0.05, 0.1) is 12.8 Å². The summed E-state index contributed by atoms with van der Waals surface area (Å²) in [5.41, 5.74) is 4.94. The first kappa shape index (κ1) is 15.6. The first-order valence-corrected chi connectivity index (χ1v) is 5.94. The number of carbonyl (C=O) groups excluding carboxylic acids is 3. The number of amides is 2. The number of aromatic nitrogens is 3. The van der Waals surface area contributed by atoms with Crippen molar-refractivity contribution in [2.24, 2.45) is 0 Å². The van der Waals surface area contributed by atoms with Gasteiger partial charge in [0.1, 0.15) is 6.54 Å². The van der Waals surface area contributed by atoms with E-state index >= 15 is 0 Å². The summed E-state index contributed by atoms with van der Waals surface area (Å²) in [6, 6.07) is 0. The van der Waals surface area contributed by atoms with Gasteiger partial charge in [0, 0.05) is 6.92 Å². The highest BCUT2D eigenvalue weighted by Gasteiger charge is 2.23. The molecule has 9 nitrogen and oxygen atoms in total. The Bertz CT molecular complexity index is 523. The summed E-state index contributed by atoms with van der Waals surface area (Å²) in [7, 11) is 1.24. The van der Waals surface area contributed by atoms with Crippen molar-refractivity contribution in [3.8, 4) is 0 Å². The lowest BCUT2D eigenvalue weighted by Crippen LogP contribution is -2.42. The van der Waals surface area contributed by atoms with E-state index in [2.05, 4.69) is 25.9 Å². The molecular weight excluding hydrogens is 266 g/mol. The molecule has 0 aliphatic rings. The highest BCUT2D eigenvalue weighted by Crippen LogP contribution is 2.18. The van der Waals surface area contributed by atoms with E-state index < -0.39 is 17.8 Å². The first-order chi connectivity index (χ1) is 9.36. The number of methoxy groups -OCH3 is 1. The van der Waals surface area contributed by atoms with E-state index in [1.807, 2.05) is 13.8 Å². The van der Waals surface area contributed by atoms with Gasteiger partial charge in [0.2, 0.25) is 5.91 Å². The fourth-order valence-corrected chi connectivity index (χ4v) is 1.58. The molecule has 0 saturated carbocycles. The van der Waals surface area contributed by atoms with Gasteiger partial charge in [-0.1, -0.05) is 19.1 Å². The maximum atomic E-state index is 11.6. The molecule has 0 spiro atoms. The normalized spacial score (nSPS) is 10.2. The average molecular weight is 283 g/mol. The third kappa shape index (κ3) is 3.77. The van der Waals surface area contributed by atoms with Crippen LogP contribution in [0.2, 0.25) is 0 Å². The molecule has 0 radical (unpaired) electrons. The summed E-state index contributed by atoms with van der Waals surface area (Å²) in [5, 5.41) is 7.49. The summed E-state index contributed by atoms with van der Waals surface area (Å²) in [4.78, 5) is 33.9. The van der Waals surface area contributed by atoms with E-state index in [4.69, 9.17) is 0 Å². The fraction of sp³-hybridized carbons (Fsp3) is 0.545. The van der Waals surface area contributed by atoms with E-state index in [-0.39, 0.29) is 18.2 Å². The van der Waals surface area contributed by atoms with E-state index in [1.54, 1.807) is 0 Å². The van der Waals surface area contributed by atoms with Crippen LogP contribution in [0.3, 0.4) is 0 Å². The maximum Gasteiger partial charge on any atom is 0.360 e. The van der Waals surface area contributed by atoms with Crippen LogP contribution in [0, 0.1) is 0 Å². The largest absolute Gasteiger partial charge is 0.464 e. The van der Waals surface area contributed by atoms with Crippen molar-refractivity contribution < 1.29 is 19.1 Å². The topological polar surface area (TPSA) is 115 Å². The Hall–Kier alpha value is -2.45. The van der Waals surface area contributed by atoms with E-state index in [1.165, 1.54) is 18.7 Å². The molecule has 0 atom stereocenters. The number of hydrogen-bond donors (Lipinski definition) is 2. The van der Waals surface area contributed by atoms with Crippen molar-refractivity contribution in [1.82, 2.24) is 25.8 Å². The average Bonchev–Trinajstić information content (AvgIpc) is 2.79. The molecule has 0 bridgehead atoms. The zero-order valence-corrected chi connectivity index (χ0v) is 11.8. The van der Waals surface area contributed by atoms with E-state index in [0.29, 0.717) is 5.69 Å². The fourth-order valence-electron chi connectivity index (χ4n) is 1.58. The Balaban J connectivity index is 2.90. The molecule has 0 aliphatic heterocycles. The molecular formula is C11H17N5O4. The Kier molecular flexibility index (Phi) is 5.18. The molecule has 0 saturated heterocycles. The Labute approximate surface area is 115 Å². The predicted octanol–water partition coefficient (Wildman–Crippen LogP) is -0.645. The van der Waals surface area contributed by atoms with Gasteiger partial charge in [0.15, 0.2) is 5.69 Å². The number of nitrogens with one attached hydrogen (secondary N) is 2. The lowest BCUT2D eigenvalue weighted by Gasteiger charge is -2.10. The second-order valence-electron chi connectivity index (χ2n) is 4.36. The summed E-state index contributed by atoms with van der Waals surface area (Å²) < 4.78 is 5.91. The van der Waals surface area contributed by atoms with Gasteiger partial charge in [0.25, 0.3) is 5.91 Å². The van der Waals surface area contributed by atoms with Crippen LogP contribution >= 0.6 is 0 Å². The Morgan fingerprint density at radius 1 is 1.30 bits per heavy atom. The van der Waals surface area contributed by atoms with Crippen LogP contribution in [0.15, 0.2) is 0 Å². The van der Waals surface area contributed by atoms with Crippen LogP contribution in [0.4, 0.5) is 0 Å². The van der Waals surface area contributed by atoms with Crippen LogP contribution in [0.25, 0.3) is 0 Å². The van der Waals surface area contributed by atoms with Crippen molar-refractivity contribution in [3.05, 3.63) is 11.4 Å². The molecule has 0 fully saturated rings. The standard InChI is InChI=1S/C11H17N5O4/c1-6(2)10-9(11(19)20-4)14-15-16(10)5-8(18)13-12-7(3)17/h6H,5H2,1-4H3,(H,12,17)(H,13,18).